The number of aryl methyl sites for hydroxylation is 1. The van der Waals surface area contributed by atoms with E-state index >= 15 is 0 Å². The fourth-order valence-corrected chi connectivity index (χ4v) is 4.06. The zero-order valence-corrected chi connectivity index (χ0v) is 15.3. The highest BCUT2D eigenvalue weighted by atomic mass is 32.2. The van der Waals surface area contributed by atoms with Gasteiger partial charge in [-0.25, -0.2) is 9.97 Å². The number of aromatic nitrogens is 2. The molecule has 3 rings (SSSR count). The van der Waals surface area contributed by atoms with E-state index in [4.69, 9.17) is 5.73 Å². The average molecular weight is 372 g/mol. The second-order valence-electron chi connectivity index (χ2n) is 5.37. The third kappa shape index (κ3) is 3.80. The predicted molar refractivity (Wildman–Crippen MR) is 101 cm³/mol. The smallest absolute Gasteiger partial charge is 0.251 e. The van der Waals surface area contributed by atoms with Crippen molar-refractivity contribution >= 4 is 50.8 Å². The molecule has 1 unspecified atom stereocenters. The van der Waals surface area contributed by atoms with Gasteiger partial charge in [0.1, 0.15) is 15.9 Å². The Labute approximate surface area is 152 Å². The molecule has 1 aromatic carbocycles. The fraction of sp³-hybridized carbons (Fsp3) is 0.176. The highest BCUT2D eigenvalue weighted by Gasteiger charge is 2.20. The maximum absolute atomic E-state index is 12.5. The molecule has 0 aliphatic heterocycles. The Morgan fingerprint density at radius 1 is 1.24 bits per heavy atom. The lowest BCUT2D eigenvalue weighted by atomic mass is 10.2. The van der Waals surface area contributed by atoms with Crippen LogP contribution in [0.2, 0.25) is 0 Å². The van der Waals surface area contributed by atoms with Crippen LogP contribution < -0.4 is 11.1 Å². The molecule has 0 fully saturated rings. The van der Waals surface area contributed by atoms with Gasteiger partial charge in [0.25, 0.3) is 5.91 Å². The van der Waals surface area contributed by atoms with Crippen molar-refractivity contribution in [3.8, 4) is 0 Å². The van der Waals surface area contributed by atoms with Crippen LogP contribution >= 0.6 is 23.1 Å². The lowest BCUT2D eigenvalue weighted by molar-refractivity contribution is -0.115. The number of fused-ring (bicyclic) bond motifs is 1. The van der Waals surface area contributed by atoms with Gasteiger partial charge in [-0.15, -0.1) is 11.3 Å². The molecule has 3 aromatic rings. The van der Waals surface area contributed by atoms with Crippen molar-refractivity contribution in [3.63, 3.8) is 0 Å². The van der Waals surface area contributed by atoms with Crippen molar-refractivity contribution in [3.05, 3.63) is 47.1 Å². The summed E-state index contributed by atoms with van der Waals surface area (Å²) in [4.78, 5) is 32.7. The Morgan fingerprint density at radius 2 is 2.00 bits per heavy atom. The Morgan fingerprint density at radius 3 is 2.76 bits per heavy atom. The SMILES string of the molecule is Cc1nc(SC(C)C(=O)Nc2sccc2C(N)=O)c2ccccc2n1. The van der Waals surface area contributed by atoms with E-state index in [0.29, 0.717) is 16.4 Å². The number of hydrogen-bond donors (Lipinski definition) is 2. The normalized spacial score (nSPS) is 12.1. The van der Waals surface area contributed by atoms with Crippen LogP contribution in [0.25, 0.3) is 10.9 Å². The molecule has 6 nitrogen and oxygen atoms in total. The second kappa shape index (κ2) is 7.20. The molecule has 0 aliphatic carbocycles. The van der Waals surface area contributed by atoms with Crippen LogP contribution in [0, 0.1) is 6.92 Å². The van der Waals surface area contributed by atoms with Crippen LogP contribution in [0.5, 0.6) is 0 Å². The number of carbonyl (C=O) groups is 2. The molecule has 0 spiro atoms. The number of nitrogens with two attached hydrogens (primary N) is 1. The van der Waals surface area contributed by atoms with Crippen molar-refractivity contribution < 1.29 is 9.59 Å². The number of primary amides is 1. The largest absolute Gasteiger partial charge is 0.366 e. The second-order valence-corrected chi connectivity index (χ2v) is 7.62. The van der Waals surface area contributed by atoms with E-state index in [-0.39, 0.29) is 5.91 Å². The fourth-order valence-electron chi connectivity index (χ4n) is 2.28. The first-order chi connectivity index (χ1) is 12.0. The minimum Gasteiger partial charge on any atom is -0.366 e. The molecule has 0 bridgehead atoms. The number of anilines is 1. The van der Waals surface area contributed by atoms with E-state index in [0.717, 1.165) is 15.9 Å². The van der Waals surface area contributed by atoms with Gasteiger partial charge in [0.05, 0.1) is 16.3 Å². The number of thiophene rings is 1. The maximum atomic E-state index is 12.5. The lowest BCUT2D eigenvalue weighted by Gasteiger charge is -2.13. The molecule has 0 aliphatic rings. The van der Waals surface area contributed by atoms with E-state index in [9.17, 15) is 9.59 Å². The molecule has 1 atom stereocenters. The predicted octanol–water partition coefficient (Wildman–Crippen LogP) is 3.22. The Bertz CT molecular complexity index is 955. The summed E-state index contributed by atoms with van der Waals surface area (Å²) in [5.74, 6) is -0.118. The highest BCUT2D eigenvalue weighted by Crippen LogP contribution is 2.30. The quantitative estimate of drug-likeness (QED) is 0.529. The first kappa shape index (κ1) is 17.4. The molecule has 0 saturated heterocycles. The van der Waals surface area contributed by atoms with Gasteiger partial charge < -0.3 is 11.1 Å². The molecule has 0 saturated carbocycles. The molecular weight excluding hydrogens is 356 g/mol. The van der Waals surface area contributed by atoms with Crippen LogP contribution in [0.4, 0.5) is 5.00 Å². The standard InChI is InChI=1S/C17H16N4O2S2/c1-9(15(23)21-16-12(14(18)22)7-8-24-16)25-17-11-5-3-4-6-13(11)19-10(2)20-17/h3-9H,1-2H3,(H2,18,22)(H,21,23). The molecule has 2 heterocycles. The van der Waals surface area contributed by atoms with Gasteiger partial charge in [0.15, 0.2) is 0 Å². The molecule has 2 amide bonds. The number of hydrogen-bond acceptors (Lipinski definition) is 6. The zero-order valence-electron chi connectivity index (χ0n) is 13.6. The van der Waals surface area contributed by atoms with Gasteiger partial charge in [-0.1, -0.05) is 30.0 Å². The van der Waals surface area contributed by atoms with Crippen molar-refractivity contribution in [1.82, 2.24) is 9.97 Å². The summed E-state index contributed by atoms with van der Waals surface area (Å²) < 4.78 is 0. The van der Waals surface area contributed by atoms with Gasteiger partial charge in [0.2, 0.25) is 5.91 Å². The van der Waals surface area contributed by atoms with Gasteiger partial charge in [-0.3, -0.25) is 9.59 Å². The van der Waals surface area contributed by atoms with Gasteiger partial charge in [-0.05, 0) is 31.4 Å². The number of amides is 2. The number of thioether (sulfide) groups is 1. The zero-order chi connectivity index (χ0) is 18.0. The maximum Gasteiger partial charge on any atom is 0.251 e. The molecule has 0 radical (unpaired) electrons. The Balaban J connectivity index is 1.80. The van der Waals surface area contributed by atoms with Crippen molar-refractivity contribution in [2.24, 2.45) is 5.73 Å². The number of nitrogens with zero attached hydrogens (tertiary/aromatic N) is 2. The first-order valence-electron chi connectivity index (χ1n) is 7.54. The van der Waals surface area contributed by atoms with Crippen LogP contribution in [0.15, 0.2) is 40.7 Å². The molecule has 128 valence electrons. The summed E-state index contributed by atoms with van der Waals surface area (Å²) in [6, 6.07) is 9.29. The number of benzene rings is 1. The van der Waals surface area contributed by atoms with E-state index in [1.165, 1.54) is 23.1 Å². The first-order valence-corrected chi connectivity index (χ1v) is 9.30. The van der Waals surface area contributed by atoms with Crippen LogP contribution in [0.3, 0.4) is 0 Å². The van der Waals surface area contributed by atoms with Crippen molar-refractivity contribution in [2.75, 3.05) is 5.32 Å². The Kier molecular flexibility index (Phi) is 5.00. The van der Waals surface area contributed by atoms with Crippen LogP contribution in [0.1, 0.15) is 23.1 Å². The van der Waals surface area contributed by atoms with E-state index in [1.807, 2.05) is 31.2 Å². The Hall–Kier alpha value is -2.45. The molecular formula is C17H16N4O2S2. The van der Waals surface area contributed by atoms with Crippen molar-refractivity contribution in [2.45, 2.75) is 24.1 Å². The summed E-state index contributed by atoms with van der Waals surface area (Å²) in [6.07, 6.45) is 0. The number of rotatable bonds is 5. The van der Waals surface area contributed by atoms with Gasteiger partial charge in [0, 0.05) is 5.39 Å². The number of para-hydroxylation sites is 1. The minimum absolute atomic E-state index is 0.213. The number of nitrogens with one attached hydrogen (secondary N) is 1. The monoisotopic (exact) mass is 372 g/mol. The third-order valence-electron chi connectivity index (χ3n) is 3.51. The van der Waals surface area contributed by atoms with Gasteiger partial charge >= 0.3 is 0 Å². The molecule has 8 heteroatoms. The summed E-state index contributed by atoms with van der Waals surface area (Å²) in [7, 11) is 0. The van der Waals surface area contributed by atoms with Crippen LogP contribution in [-0.2, 0) is 4.79 Å². The molecule has 3 N–H and O–H groups in total. The third-order valence-corrected chi connectivity index (χ3v) is 5.44. The lowest BCUT2D eigenvalue weighted by Crippen LogP contribution is -2.23. The highest BCUT2D eigenvalue weighted by molar-refractivity contribution is 8.00. The van der Waals surface area contributed by atoms with Gasteiger partial charge in [-0.2, -0.15) is 0 Å². The minimum atomic E-state index is -0.561. The average Bonchev–Trinajstić information content (AvgIpc) is 3.03. The summed E-state index contributed by atoms with van der Waals surface area (Å²) in [5, 5.41) is 6.22. The van der Waals surface area contributed by atoms with Crippen LogP contribution in [-0.4, -0.2) is 27.0 Å². The van der Waals surface area contributed by atoms with Crippen molar-refractivity contribution in [1.29, 1.82) is 0 Å². The summed E-state index contributed by atoms with van der Waals surface area (Å²) in [5.41, 5.74) is 6.47. The number of carbonyl (C=O) groups excluding carboxylic acids is 2. The summed E-state index contributed by atoms with van der Waals surface area (Å²) >= 11 is 2.62. The topological polar surface area (TPSA) is 98.0 Å². The molecule has 2 aromatic heterocycles. The van der Waals surface area contributed by atoms with E-state index < -0.39 is 11.2 Å². The van der Waals surface area contributed by atoms with E-state index in [1.54, 1.807) is 18.4 Å². The summed E-state index contributed by atoms with van der Waals surface area (Å²) in [6.45, 7) is 3.62. The van der Waals surface area contributed by atoms with E-state index in [2.05, 4.69) is 15.3 Å². The molecule has 25 heavy (non-hydrogen) atoms.